The predicted octanol–water partition coefficient (Wildman–Crippen LogP) is 9.47. The van der Waals surface area contributed by atoms with E-state index in [2.05, 4.69) is 54.7 Å². The second-order valence-electron chi connectivity index (χ2n) is 3.52. The van der Waals surface area contributed by atoms with Crippen LogP contribution >= 0.6 is 0 Å². The smallest absolute Gasteiger partial charge is 0.0473 e. The summed E-state index contributed by atoms with van der Waals surface area (Å²) in [5.41, 5.74) is 0. The first-order valence-corrected chi connectivity index (χ1v) is 9.21. The van der Waals surface area contributed by atoms with Crippen LogP contribution in [0.1, 0.15) is 115 Å². The highest BCUT2D eigenvalue weighted by molar-refractivity contribution is 4.51. The number of rotatable bonds is 2. The molecule has 0 spiro atoms. The molecule has 0 fully saturated rings. The van der Waals surface area contributed by atoms with Gasteiger partial charge in [0.05, 0.1) is 0 Å². The van der Waals surface area contributed by atoms with Crippen LogP contribution in [0.15, 0.2) is 25.3 Å². The standard InChI is InChI=1S/2C4H10.C3H8.2C3H6.2C2H6/c2*1-3-4-2;3*1-3-2;2*1-2/h2*3-4H2,1-2H3;3H2,1-2H3;2*3H,1H2,2H3;2*1-2H3. The van der Waals surface area contributed by atoms with Crippen molar-refractivity contribution in [3.8, 4) is 0 Å². The average molecular weight is 305 g/mol. The molecule has 0 aromatic carbocycles. The Morgan fingerprint density at radius 1 is 0.524 bits per heavy atom. The summed E-state index contributed by atoms with van der Waals surface area (Å²) in [6, 6.07) is 0. The van der Waals surface area contributed by atoms with Gasteiger partial charge in [-0.1, -0.05) is 113 Å². The summed E-state index contributed by atoms with van der Waals surface area (Å²) in [5, 5.41) is 0. The summed E-state index contributed by atoms with van der Waals surface area (Å²) < 4.78 is 0. The Hall–Kier alpha value is -0.520. The number of allylic oxidation sites excluding steroid dienone is 2. The molecule has 0 nitrogen and oxygen atoms in total. The minimum atomic E-state index is 1.25. The molecular weight excluding hydrogens is 252 g/mol. The Bertz CT molecular complexity index is 58.1. The summed E-state index contributed by atoms with van der Waals surface area (Å²) in [7, 11) is 0. The molecule has 0 amide bonds. The van der Waals surface area contributed by atoms with E-state index in [9.17, 15) is 0 Å². The molecule has 0 saturated heterocycles. The molecule has 136 valence electrons. The zero-order valence-corrected chi connectivity index (χ0v) is 18.1. The second-order valence-corrected chi connectivity index (χ2v) is 3.52. The molecule has 0 unspecified atom stereocenters. The van der Waals surface area contributed by atoms with Gasteiger partial charge in [0.2, 0.25) is 0 Å². The SMILES string of the molecule is C=CC.C=CC.CC.CC.CCC.CCCC.CCCC. The third-order valence-electron chi connectivity index (χ3n) is 1.000. The van der Waals surface area contributed by atoms with E-state index in [0.29, 0.717) is 0 Å². The molecule has 0 bridgehead atoms. The lowest BCUT2D eigenvalue weighted by Crippen LogP contribution is -1.47. The fourth-order valence-corrected chi connectivity index (χ4v) is 0. The van der Waals surface area contributed by atoms with Gasteiger partial charge in [0.25, 0.3) is 0 Å². The van der Waals surface area contributed by atoms with E-state index in [1.54, 1.807) is 12.2 Å². The third kappa shape index (κ3) is 2720. The Morgan fingerprint density at radius 2 is 0.571 bits per heavy atom. The summed E-state index contributed by atoms with van der Waals surface area (Å²) >= 11 is 0. The Balaban J connectivity index is -0.0000000222. The maximum atomic E-state index is 3.36. The van der Waals surface area contributed by atoms with Crippen molar-refractivity contribution in [2.75, 3.05) is 0 Å². The van der Waals surface area contributed by atoms with Crippen molar-refractivity contribution in [1.29, 1.82) is 0 Å². The zero-order chi connectivity index (χ0) is 18.9. The Morgan fingerprint density at radius 3 is 0.571 bits per heavy atom. The van der Waals surface area contributed by atoms with E-state index >= 15 is 0 Å². The fraction of sp³-hybridized carbons (Fsp3) is 0.810. The van der Waals surface area contributed by atoms with E-state index in [4.69, 9.17) is 0 Å². The van der Waals surface area contributed by atoms with Crippen LogP contribution in [0.4, 0.5) is 0 Å². The van der Waals surface area contributed by atoms with Gasteiger partial charge in [-0.05, 0) is 13.8 Å². The fourth-order valence-electron chi connectivity index (χ4n) is 0. The van der Waals surface area contributed by atoms with Gasteiger partial charge >= 0.3 is 0 Å². The maximum absolute atomic E-state index is 3.36. The lowest BCUT2D eigenvalue weighted by Gasteiger charge is -1.68. The topological polar surface area (TPSA) is 0 Å². The van der Waals surface area contributed by atoms with Crippen molar-refractivity contribution in [1.82, 2.24) is 0 Å². The monoisotopic (exact) mass is 304 g/mol. The molecule has 0 aliphatic rings. The molecule has 0 atom stereocenters. The maximum Gasteiger partial charge on any atom is -0.0473 e. The van der Waals surface area contributed by atoms with Crippen LogP contribution in [0.25, 0.3) is 0 Å². The van der Waals surface area contributed by atoms with E-state index in [-0.39, 0.29) is 0 Å². The normalized spacial score (nSPS) is 5.52. The van der Waals surface area contributed by atoms with Crippen LogP contribution in [0.5, 0.6) is 0 Å². The van der Waals surface area contributed by atoms with Gasteiger partial charge in [0, 0.05) is 0 Å². The zero-order valence-electron chi connectivity index (χ0n) is 18.1. The summed E-state index contributed by atoms with van der Waals surface area (Å²) in [6.45, 7) is 31.5. The average Bonchev–Trinajstić information content (AvgIpc) is 2.53. The van der Waals surface area contributed by atoms with Crippen LogP contribution < -0.4 is 0 Å². The molecule has 0 heteroatoms. The minimum absolute atomic E-state index is 1.25. The van der Waals surface area contributed by atoms with Crippen molar-refractivity contribution in [3.63, 3.8) is 0 Å². The van der Waals surface area contributed by atoms with Crippen LogP contribution in [0.2, 0.25) is 0 Å². The minimum Gasteiger partial charge on any atom is -0.103 e. The van der Waals surface area contributed by atoms with Gasteiger partial charge in [0.15, 0.2) is 0 Å². The first kappa shape index (κ1) is 42.8. The van der Waals surface area contributed by atoms with Crippen LogP contribution in [-0.4, -0.2) is 0 Å². The van der Waals surface area contributed by atoms with Crippen molar-refractivity contribution in [2.24, 2.45) is 0 Å². The van der Waals surface area contributed by atoms with Gasteiger partial charge in [-0.15, -0.1) is 13.2 Å². The Labute approximate surface area is 141 Å². The Kier molecular flexibility index (Phi) is 323. The highest BCUT2D eigenvalue weighted by atomic mass is 13.6. The van der Waals surface area contributed by atoms with Crippen molar-refractivity contribution in [3.05, 3.63) is 25.3 Å². The van der Waals surface area contributed by atoms with E-state index in [1.165, 1.54) is 32.1 Å². The number of unbranched alkanes of at least 4 members (excludes halogenated alkanes) is 2. The lowest BCUT2D eigenvalue weighted by atomic mass is 10.4. The third-order valence-corrected chi connectivity index (χ3v) is 1.000. The van der Waals surface area contributed by atoms with Crippen LogP contribution in [0.3, 0.4) is 0 Å². The van der Waals surface area contributed by atoms with Gasteiger partial charge in [-0.25, -0.2) is 0 Å². The highest BCUT2D eigenvalue weighted by Gasteiger charge is 1.56. The number of hydrogen-bond donors (Lipinski definition) is 0. The summed E-state index contributed by atoms with van der Waals surface area (Å²) in [4.78, 5) is 0. The van der Waals surface area contributed by atoms with Gasteiger partial charge in [0.1, 0.15) is 0 Å². The number of hydrogen-bond acceptors (Lipinski definition) is 0. The first-order chi connectivity index (χ1) is 10.1. The largest absolute Gasteiger partial charge is 0.103 e. The van der Waals surface area contributed by atoms with Gasteiger partial charge < -0.3 is 0 Å². The predicted molar refractivity (Wildman–Crippen MR) is 112 cm³/mol. The molecule has 0 radical (unpaired) electrons. The van der Waals surface area contributed by atoms with E-state index in [1.807, 2.05) is 41.5 Å². The van der Waals surface area contributed by atoms with Crippen molar-refractivity contribution in [2.45, 2.75) is 115 Å². The molecule has 0 N–H and O–H groups in total. The van der Waals surface area contributed by atoms with Crippen LogP contribution in [-0.2, 0) is 0 Å². The van der Waals surface area contributed by atoms with Crippen LogP contribution in [0, 0.1) is 0 Å². The lowest BCUT2D eigenvalue weighted by molar-refractivity contribution is 0.886. The van der Waals surface area contributed by atoms with Gasteiger partial charge in [-0.3, -0.25) is 0 Å². The molecular formula is C21H52. The van der Waals surface area contributed by atoms with Crippen molar-refractivity contribution >= 4 is 0 Å². The highest BCUT2D eigenvalue weighted by Crippen LogP contribution is 1.77. The van der Waals surface area contributed by atoms with E-state index in [0.717, 1.165) is 0 Å². The molecule has 0 aromatic heterocycles. The van der Waals surface area contributed by atoms with E-state index < -0.39 is 0 Å². The second kappa shape index (κ2) is 158. The molecule has 21 heavy (non-hydrogen) atoms. The molecule has 0 saturated carbocycles. The van der Waals surface area contributed by atoms with Crippen molar-refractivity contribution < 1.29 is 0 Å². The molecule has 0 rings (SSSR count). The quantitative estimate of drug-likeness (QED) is 0.445. The molecule has 0 aliphatic carbocycles. The summed E-state index contributed by atoms with van der Waals surface area (Å²) in [5.74, 6) is 0. The van der Waals surface area contributed by atoms with Gasteiger partial charge in [-0.2, -0.15) is 0 Å². The molecule has 0 aromatic rings. The summed E-state index contributed by atoms with van der Waals surface area (Å²) in [6.07, 6.45) is 10.0. The molecule has 0 aliphatic heterocycles. The molecule has 0 heterocycles. The first-order valence-electron chi connectivity index (χ1n) is 9.21.